The number of benzene rings is 1. The van der Waals surface area contributed by atoms with Crippen LogP contribution >= 0.6 is 0 Å². The molecule has 0 bridgehead atoms. The maximum Gasteiger partial charge on any atom is 0.300 e. The lowest BCUT2D eigenvalue weighted by molar-refractivity contribution is 0.345. The van der Waals surface area contributed by atoms with Gasteiger partial charge in [-0.25, -0.2) is 8.78 Å². The maximum atomic E-state index is 13.4. The van der Waals surface area contributed by atoms with Crippen molar-refractivity contribution in [1.29, 1.82) is 0 Å². The summed E-state index contributed by atoms with van der Waals surface area (Å²) in [4.78, 5) is -2.10. The Hall–Kier alpha value is -1.61. The van der Waals surface area contributed by atoms with Gasteiger partial charge in [-0.3, -0.25) is 4.55 Å². The van der Waals surface area contributed by atoms with Crippen molar-refractivity contribution in [1.82, 2.24) is 0 Å². The first-order valence-electron chi connectivity index (χ1n) is 5.36. The minimum absolute atomic E-state index is 0.497. The van der Waals surface area contributed by atoms with Crippen molar-refractivity contribution in [2.75, 3.05) is 0 Å². The van der Waals surface area contributed by atoms with Crippen molar-refractivity contribution in [3.63, 3.8) is 0 Å². The first-order chi connectivity index (χ1) is 9.21. The summed E-state index contributed by atoms with van der Waals surface area (Å²) in [5.74, 6) is -10.1. The van der Waals surface area contributed by atoms with Gasteiger partial charge < -0.3 is 4.74 Å². The van der Waals surface area contributed by atoms with Gasteiger partial charge in [-0.2, -0.15) is 17.2 Å². The van der Waals surface area contributed by atoms with Gasteiger partial charge in [0.1, 0.15) is 0 Å². The third-order valence-corrected chi connectivity index (χ3v) is 3.05. The second-order valence-corrected chi connectivity index (χ2v) is 5.03. The summed E-state index contributed by atoms with van der Waals surface area (Å²) in [6, 6.07) is 0. The van der Waals surface area contributed by atoms with Gasteiger partial charge in [0, 0.05) is 0 Å². The Bertz CT molecular complexity index is 611. The highest BCUT2D eigenvalue weighted by molar-refractivity contribution is 7.85. The number of halogens is 4. The number of hydrogen-bond acceptors (Lipinski definition) is 3. The summed E-state index contributed by atoms with van der Waals surface area (Å²) in [7, 11) is -5.46. The summed E-state index contributed by atoms with van der Waals surface area (Å²) in [6.45, 7) is 1.81. The molecule has 1 aromatic rings. The summed E-state index contributed by atoms with van der Waals surface area (Å²) < 4.78 is 87.9. The van der Waals surface area contributed by atoms with Crippen molar-refractivity contribution < 1.29 is 35.3 Å². The predicted octanol–water partition coefficient (Wildman–Crippen LogP) is 3.18. The molecule has 0 radical (unpaired) electrons. The van der Waals surface area contributed by atoms with Gasteiger partial charge >= 0.3 is 10.1 Å². The molecule has 0 aliphatic rings. The van der Waals surface area contributed by atoms with Crippen LogP contribution in [-0.4, -0.2) is 13.0 Å². The van der Waals surface area contributed by atoms with E-state index < -0.39 is 44.0 Å². The van der Waals surface area contributed by atoms with Crippen LogP contribution < -0.4 is 4.74 Å². The zero-order valence-electron chi connectivity index (χ0n) is 10.2. The third kappa shape index (κ3) is 3.28. The van der Waals surface area contributed by atoms with E-state index in [1.54, 1.807) is 0 Å². The van der Waals surface area contributed by atoms with Gasteiger partial charge in [-0.05, 0) is 12.5 Å². The van der Waals surface area contributed by atoms with Crippen LogP contribution in [0.3, 0.4) is 0 Å². The molecule has 0 atom stereocenters. The summed E-state index contributed by atoms with van der Waals surface area (Å²) in [6.07, 6.45) is 3.37. The fraction of sp³-hybridized carbons (Fsp3) is 0.273. The standard InChI is InChI=1S/C11H10F4O4S/c1-2-3-4-5-19-10-6(12)8(14)11(20(16,17)18)9(15)7(10)13/h4-5H,2-3H2,1H3,(H,16,17,18)/b5-4+. The van der Waals surface area contributed by atoms with E-state index in [2.05, 4.69) is 4.74 Å². The second kappa shape index (κ2) is 6.23. The summed E-state index contributed by atoms with van der Waals surface area (Å²) in [5.41, 5.74) is 0. The van der Waals surface area contributed by atoms with Crippen LogP contribution in [0.2, 0.25) is 0 Å². The normalized spacial score (nSPS) is 12.1. The lowest BCUT2D eigenvalue weighted by Crippen LogP contribution is -2.11. The lowest BCUT2D eigenvalue weighted by Gasteiger charge is -2.09. The molecular formula is C11H10F4O4S. The maximum absolute atomic E-state index is 13.4. The second-order valence-electron chi connectivity index (χ2n) is 3.67. The smallest absolute Gasteiger partial charge is 0.300 e. The fourth-order valence-corrected chi connectivity index (χ4v) is 1.90. The molecule has 0 aliphatic heterocycles. The Balaban J connectivity index is 3.38. The van der Waals surface area contributed by atoms with Crippen LogP contribution in [0.5, 0.6) is 5.75 Å². The van der Waals surface area contributed by atoms with E-state index in [4.69, 9.17) is 4.55 Å². The Morgan fingerprint density at radius 3 is 2.00 bits per heavy atom. The molecule has 0 saturated carbocycles. The molecule has 0 aromatic heterocycles. The van der Waals surface area contributed by atoms with E-state index in [0.717, 1.165) is 6.26 Å². The van der Waals surface area contributed by atoms with E-state index in [1.807, 2.05) is 6.92 Å². The molecular weight excluding hydrogens is 304 g/mol. The highest BCUT2D eigenvalue weighted by Gasteiger charge is 2.32. The molecule has 1 N–H and O–H groups in total. The number of ether oxygens (including phenoxy) is 1. The zero-order valence-corrected chi connectivity index (χ0v) is 11.0. The van der Waals surface area contributed by atoms with Gasteiger partial charge in [0.15, 0.2) is 16.5 Å². The molecule has 112 valence electrons. The molecule has 1 rings (SSSR count). The topological polar surface area (TPSA) is 63.6 Å². The number of unbranched alkanes of at least 4 members (excludes halogenated alkanes) is 1. The molecule has 0 unspecified atom stereocenters. The molecule has 4 nitrogen and oxygen atoms in total. The molecule has 0 saturated heterocycles. The van der Waals surface area contributed by atoms with Crippen LogP contribution in [0.4, 0.5) is 17.6 Å². The molecule has 9 heteroatoms. The SMILES string of the molecule is CCC/C=C/Oc1c(F)c(F)c(S(=O)(=O)O)c(F)c1F. The minimum atomic E-state index is -5.46. The molecule has 20 heavy (non-hydrogen) atoms. The van der Waals surface area contributed by atoms with Crippen molar-refractivity contribution in [3.8, 4) is 5.75 Å². The van der Waals surface area contributed by atoms with E-state index in [1.165, 1.54) is 6.08 Å². The molecule has 0 amide bonds. The monoisotopic (exact) mass is 314 g/mol. The number of allylic oxidation sites excluding steroid dienone is 1. The van der Waals surface area contributed by atoms with Crippen molar-refractivity contribution >= 4 is 10.1 Å². The Kier molecular flexibility index (Phi) is 5.12. The first-order valence-corrected chi connectivity index (χ1v) is 6.80. The minimum Gasteiger partial charge on any atom is -0.459 e. The average Bonchev–Trinajstić information content (AvgIpc) is 2.34. The average molecular weight is 314 g/mol. The quantitative estimate of drug-likeness (QED) is 0.392. The predicted molar refractivity (Wildman–Crippen MR) is 60.8 cm³/mol. The fourth-order valence-electron chi connectivity index (χ4n) is 1.27. The van der Waals surface area contributed by atoms with Crippen LogP contribution in [0.1, 0.15) is 19.8 Å². The molecule has 0 spiro atoms. The van der Waals surface area contributed by atoms with Crippen molar-refractivity contribution in [3.05, 3.63) is 35.6 Å². The van der Waals surface area contributed by atoms with Gasteiger partial charge in [-0.1, -0.05) is 13.3 Å². The number of hydrogen-bond donors (Lipinski definition) is 1. The number of rotatable bonds is 5. The largest absolute Gasteiger partial charge is 0.459 e. The van der Waals surface area contributed by atoms with Crippen molar-refractivity contribution in [2.45, 2.75) is 24.7 Å². The van der Waals surface area contributed by atoms with Crippen LogP contribution in [0, 0.1) is 23.3 Å². The van der Waals surface area contributed by atoms with E-state index in [-0.39, 0.29) is 0 Å². The Morgan fingerprint density at radius 1 is 1.10 bits per heavy atom. The van der Waals surface area contributed by atoms with E-state index in [0.29, 0.717) is 12.8 Å². The van der Waals surface area contributed by atoms with Gasteiger partial charge in [0.25, 0.3) is 0 Å². The van der Waals surface area contributed by atoms with Gasteiger partial charge in [0.05, 0.1) is 6.26 Å². The van der Waals surface area contributed by atoms with Crippen molar-refractivity contribution in [2.24, 2.45) is 0 Å². The van der Waals surface area contributed by atoms with E-state index >= 15 is 0 Å². The summed E-state index contributed by atoms with van der Waals surface area (Å²) in [5, 5.41) is 0. The highest BCUT2D eigenvalue weighted by atomic mass is 32.2. The zero-order chi connectivity index (χ0) is 15.5. The Morgan fingerprint density at radius 2 is 1.60 bits per heavy atom. The first kappa shape index (κ1) is 16.4. The molecule has 0 fully saturated rings. The van der Waals surface area contributed by atoms with Crippen LogP contribution in [0.15, 0.2) is 17.2 Å². The third-order valence-electron chi connectivity index (χ3n) is 2.18. The van der Waals surface area contributed by atoms with Gasteiger partial charge in [0.2, 0.25) is 17.4 Å². The van der Waals surface area contributed by atoms with Gasteiger partial charge in [-0.15, -0.1) is 0 Å². The Labute approximate surface area is 112 Å². The van der Waals surface area contributed by atoms with E-state index in [9.17, 15) is 26.0 Å². The van der Waals surface area contributed by atoms with Crippen LogP contribution in [-0.2, 0) is 10.1 Å². The molecule has 1 aromatic carbocycles. The molecule has 0 aliphatic carbocycles. The molecule has 0 heterocycles. The lowest BCUT2D eigenvalue weighted by atomic mass is 10.3. The highest BCUT2D eigenvalue weighted by Crippen LogP contribution is 2.32. The van der Waals surface area contributed by atoms with Crippen LogP contribution in [0.25, 0.3) is 0 Å². The summed E-state index contributed by atoms with van der Waals surface area (Å²) >= 11 is 0.